The van der Waals surface area contributed by atoms with Crippen molar-refractivity contribution < 1.29 is 10.1 Å². The van der Waals surface area contributed by atoms with E-state index in [1.54, 1.807) is 0 Å². The van der Waals surface area contributed by atoms with Gasteiger partial charge in [-0.3, -0.25) is 4.79 Å². The second-order valence-corrected chi connectivity index (χ2v) is 6.73. The molecule has 3 N–H and O–H groups in total. The summed E-state index contributed by atoms with van der Waals surface area (Å²) in [5.41, 5.74) is 1.83. The minimum atomic E-state index is -0.0751. The first-order valence-electron chi connectivity index (χ1n) is 7.57. The third-order valence-corrected chi connectivity index (χ3v) is 4.66. The summed E-state index contributed by atoms with van der Waals surface area (Å²) in [6.45, 7) is 2.35. The van der Waals surface area contributed by atoms with Crippen LogP contribution < -0.4 is 10.6 Å². The third kappa shape index (κ3) is 5.57. The molecule has 0 aliphatic heterocycles. The van der Waals surface area contributed by atoms with Crippen LogP contribution in [0.4, 0.5) is 5.69 Å². The molecule has 24 heavy (non-hydrogen) atoms. The molecule has 0 heterocycles. The average molecular weight is 361 g/mol. The van der Waals surface area contributed by atoms with Gasteiger partial charge >= 0.3 is 0 Å². The number of nitriles is 1. The van der Waals surface area contributed by atoms with Crippen LogP contribution in [0.15, 0.2) is 53.4 Å². The molecule has 4 nitrogen and oxygen atoms in total. The zero-order chi connectivity index (χ0) is 17.4. The fourth-order valence-corrected chi connectivity index (χ4v) is 3.08. The number of anilines is 1. The number of rotatable bonds is 7. The standard InChI is InChI=1S/C18H18ClN3OS/c1-13(14-5-4-6-15(19)11-14)21-12-18(23)22-16-7-2-3-8-17(16)24-10-9-20/h2-8,11,13,21H,10,12H2,1H3,(H,22,23)/p+1/t13-/m1/s1. The Morgan fingerprint density at radius 1 is 1.33 bits per heavy atom. The van der Waals surface area contributed by atoms with Gasteiger partial charge in [0.25, 0.3) is 5.91 Å². The topological polar surface area (TPSA) is 69.5 Å². The summed E-state index contributed by atoms with van der Waals surface area (Å²) in [4.78, 5) is 13.1. The molecule has 0 aliphatic rings. The van der Waals surface area contributed by atoms with Crippen LogP contribution in [0.1, 0.15) is 18.5 Å². The van der Waals surface area contributed by atoms with Crippen LogP contribution in [0, 0.1) is 11.3 Å². The molecule has 0 unspecified atom stereocenters. The van der Waals surface area contributed by atoms with Crippen LogP contribution in [0.25, 0.3) is 0 Å². The van der Waals surface area contributed by atoms with Gasteiger partial charge in [0.15, 0.2) is 6.54 Å². The zero-order valence-corrected chi connectivity index (χ0v) is 14.9. The van der Waals surface area contributed by atoms with Gasteiger partial charge < -0.3 is 10.6 Å². The molecule has 0 spiro atoms. The maximum absolute atomic E-state index is 12.2. The van der Waals surface area contributed by atoms with E-state index in [1.807, 2.05) is 60.8 Å². The molecule has 0 radical (unpaired) electrons. The van der Waals surface area contributed by atoms with E-state index in [1.165, 1.54) is 11.8 Å². The third-order valence-electron chi connectivity index (χ3n) is 3.48. The van der Waals surface area contributed by atoms with E-state index in [4.69, 9.17) is 16.9 Å². The highest BCUT2D eigenvalue weighted by Crippen LogP contribution is 2.26. The smallest absolute Gasteiger partial charge is 0.279 e. The van der Waals surface area contributed by atoms with Crippen LogP contribution in [0.5, 0.6) is 0 Å². The lowest BCUT2D eigenvalue weighted by atomic mass is 10.1. The van der Waals surface area contributed by atoms with Crippen LogP contribution in [0.2, 0.25) is 5.02 Å². The second kappa shape index (κ2) is 9.33. The molecule has 0 saturated carbocycles. The molecule has 2 rings (SSSR count). The monoisotopic (exact) mass is 360 g/mol. The van der Waals surface area contributed by atoms with E-state index >= 15 is 0 Å². The molecular weight excluding hydrogens is 342 g/mol. The number of thioether (sulfide) groups is 1. The van der Waals surface area contributed by atoms with Crippen molar-refractivity contribution in [3.8, 4) is 6.07 Å². The van der Waals surface area contributed by atoms with E-state index < -0.39 is 0 Å². The Hall–Kier alpha value is -2.00. The van der Waals surface area contributed by atoms with Crippen molar-refractivity contribution >= 4 is 35.0 Å². The van der Waals surface area contributed by atoms with Crippen molar-refractivity contribution in [2.45, 2.75) is 17.9 Å². The molecule has 0 fully saturated rings. The Balaban J connectivity index is 1.91. The zero-order valence-electron chi connectivity index (χ0n) is 13.3. The Labute approximate surface area is 151 Å². The minimum absolute atomic E-state index is 0.0751. The number of benzene rings is 2. The Bertz CT molecular complexity index is 745. The Morgan fingerprint density at radius 3 is 2.88 bits per heavy atom. The fourth-order valence-electron chi connectivity index (χ4n) is 2.22. The fraction of sp³-hybridized carbons (Fsp3) is 0.222. The summed E-state index contributed by atoms with van der Waals surface area (Å²) >= 11 is 7.41. The Morgan fingerprint density at radius 2 is 2.12 bits per heavy atom. The van der Waals surface area contributed by atoms with E-state index in [9.17, 15) is 4.79 Å². The summed E-state index contributed by atoms with van der Waals surface area (Å²) in [5.74, 6) is 0.277. The molecule has 124 valence electrons. The number of carbonyl (C=O) groups excluding carboxylic acids is 1. The summed E-state index contributed by atoms with van der Waals surface area (Å²) in [6.07, 6.45) is 0. The normalized spacial score (nSPS) is 11.5. The molecule has 1 atom stereocenters. The average Bonchev–Trinajstić information content (AvgIpc) is 2.59. The lowest BCUT2D eigenvalue weighted by molar-refractivity contribution is -0.682. The first-order chi connectivity index (χ1) is 11.6. The van der Waals surface area contributed by atoms with Gasteiger partial charge in [-0.15, -0.1) is 11.8 Å². The number of nitrogens with one attached hydrogen (secondary N) is 1. The van der Waals surface area contributed by atoms with Gasteiger partial charge in [0.1, 0.15) is 6.04 Å². The van der Waals surface area contributed by atoms with Crippen molar-refractivity contribution in [2.75, 3.05) is 17.6 Å². The summed E-state index contributed by atoms with van der Waals surface area (Å²) < 4.78 is 0. The highest BCUT2D eigenvalue weighted by molar-refractivity contribution is 7.99. The van der Waals surface area contributed by atoms with Gasteiger partial charge in [0.05, 0.1) is 17.5 Å². The molecule has 2 aromatic rings. The maximum atomic E-state index is 12.2. The van der Waals surface area contributed by atoms with Crippen molar-refractivity contribution in [2.24, 2.45) is 0 Å². The Kier molecular flexibility index (Phi) is 7.13. The van der Waals surface area contributed by atoms with Crippen molar-refractivity contribution in [3.05, 3.63) is 59.1 Å². The lowest BCUT2D eigenvalue weighted by Gasteiger charge is -2.12. The largest absolute Gasteiger partial charge is 0.333 e. The van der Waals surface area contributed by atoms with E-state index in [-0.39, 0.29) is 11.9 Å². The van der Waals surface area contributed by atoms with Crippen LogP contribution >= 0.6 is 23.4 Å². The van der Waals surface area contributed by atoms with Crippen LogP contribution in [0.3, 0.4) is 0 Å². The molecule has 6 heteroatoms. The molecule has 1 amide bonds. The number of nitrogens with two attached hydrogens (primary N) is 1. The van der Waals surface area contributed by atoms with Gasteiger partial charge in [-0.25, -0.2) is 0 Å². The van der Waals surface area contributed by atoms with Crippen LogP contribution in [-0.2, 0) is 4.79 Å². The van der Waals surface area contributed by atoms with Gasteiger partial charge in [-0.1, -0.05) is 35.9 Å². The van der Waals surface area contributed by atoms with Gasteiger partial charge in [-0.2, -0.15) is 5.26 Å². The molecule has 0 aliphatic carbocycles. The number of quaternary nitrogens is 1. The number of halogens is 1. The lowest BCUT2D eigenvalue weighted by Crippen LogP contribution is -2.86. The molecular formula is C18H19ClN3OS+. The molecule has 0 aromatic heterocycles. The maximum Gasteiger partial charge on any atom is 0.279 e. The number of nitrogens with zero attached hydrogens (tertiary/aromatic N) is 1. The summed E-state index contributed by atoms with van der Waals surface area (Å²) in [7, 11) is 0. The number of carbonyl (C=O) groups is 1. The summed E-state index contributed by atoms with van der Waals surface area (Å²) in [6, 6.07) is 17.4. The van der Waals surface area contributed by atoms with Crippen molar-refractivity contribution in [1.82, 2.24) is 0 Å². The number of amides is 1. The first-order valence-corrected chi connectivity index (χ1v) is 8.94. The van der Waals surface area contributed by atoms with Crippen molar-refractivity contribution in [3.63, 3.8) is 0 Å². The van der Waals surface area contributed by atoms with E-state index in [0.717, 1.165) is 16.1 Å². The highest BCUT2D eigenvalue weighted by atomic mass is 35.5. The van der Waals surface area contributed by atoms with E-state index in [0.29, 0.717) is 17.3 Å². The SMILES string of the molecule is C[C@@H]([NH2+]CC(=O)Nc1ccccc1SCC#N)c1cccc(Cl)c1. The van der Waals surface area contributed by atoms with Crippen LogP contribution in [-0.4, -0.2) is 18.2 Å². The number of hydrogen-bond donors (Lipinski definition) is 2. The second-order valence-electron chi connectivity index (χ2n) is 5.27. The van der Waals surface area contributed by atoms with Gasteiger partial charge in [0.2, 0.25) is 0 Å². The number of para-hydroxylation sites is 1. The van der Waals surface area contributed by atoms with Gasteiger partial charge in [0, 0.05) is 15.5 Å². The van der Waals surface area contributed by atoms with Gasteiger partial charge in [-0.05, 0) is 31.2 Å². The number of hydrogen-bond acceptors (Lipinski definition) is 3. The molecule has 2 aromatic carbocycles. The van der Waals surface area contributed by atoms with Crippen molar-refractivity contribution in [1.29, 1.82) is 5.26 Å². The predicted octanol–water partition coefficient (Wildman–Crippen LogP) is 3.22. The minimum Gasteiger partial charge on any atom is -0.333 e. The predicted molar refractivity (Wildman–Crippen MR) is 98.1 cm³/mol. The summed E-state index contributed by atoms with van der Waals surface area (Å²) in [5, 5.41) is 14.3. The molecule has 0 bridgehead atoms. The van der Waals surface area contributed by atoms with E-state index in [2.05, 4.69) is 11.4 Å². The highest BCUT2D eigenvalue weighted by Gasteiger charge is 2.13. The quantitative estimate of drug-likeness (QED) is 0.745. The first kappa shape index (κ1) is 18.3. The molecule has 0 saturated heterocycles.